The third-order valence-electron chi connectivity index (χ3n) is 5.67. The molecule has 28 heavy (non-hydrogen) atoms. The van der Waals surface area contributed by atoms with Crippen LogP contribution in [-0.2, 0) is 11.2 Å². The average molecular weight is 395 g/mol. The number of nitrogens with zero attached hydrogens (tertiary/aromatic N) is 3. The number of thiophene rings is 1. The smallest absolute Gasteiger partial charge is 0.223 e. The highest BCUT2D eigenvalue weighted by Crippen LogP contribution is 2.35. The Kier molecular flexibility index (Phi) is 5.57. The second kappa shape index (κ2) is 8.27. The Bertz CT molecular complexity index is 961. The third-order valence-corrected chi connectivity index (χ3v) is 6.78. The number of fused-ring (bicyclic) bond motifs is 1. The number of piperidine rings is 1. The van der Waals surface area contributed by atoms with Crippen LogP contribution in [0.2, 0.25) is 0 Å². The Morgan fingerprint density at radius 2 is 1.93 bits per heavy atom. The molecular weight excluding hydrogens is 368 g/mol. The minimum Gasteiger partial charge on any atom is -0.356 e. The molecule has 0 unspecified atom stereocenters. The van der Waals surface area contributed by atoms with E-state index in [9.17, 15) is 4.79 Å². The van der Waals surface area contributed by atoms with Crippen molar-refractivity contribution in [1.29, 1.82) is 0 Å². The topological polar surface area (TPSA) is 58.1 Å². The van der Waals surface area contributed by atoms with E-state index in [2.05, 4.69) is 46.2 Å². The summed E-state index contributed by atoms with van der Waals surface area (Å²) < 4.78 is 0. The highest BCUT2D eigenvalue weighted by molar-refractivity contribution is 7.18. The van der Waals surface area contributed by atoms with Gasteiger partial charge in [0.05, 0.1) is 5.39 Å². The number of aryl methyl sites for hydroxylation is 2. The van der Waals surface area contributed by atoms with Gasteiger partial charge in [-0.3, -0.25) is 4.79 Å². The van der Waals surface area contributed by atoms with Crippen molar-refractivity contribution in [2.45, 2.75) is 33.1 Å². The lowest BCUT2D eigenvalue weighted by Crippen LogP contribution is -2.41. The molecule has 0 bridgehead atoms. The number of amides is 1. The Balaban J connectivity index is 1.34. The molecule has 1 fully saturated rings. The van der Waals surface area contributed by atoms with Crippen LogP contribution in [-0.4, -0.2) is 35.5 Å². The van der Waals surface area contributed by atoms with Crippen molar-refractivity contribution < 1.29 is 4.79 Å². The maximum atomic E-state index is 12.5. The normalized spacial score (nSPS) is 15.1. The van der Waals surface area contributed by atoms with Crippen LogP contribution >= 0.6 is 11.3 Å². The zero-order chi connectivity index (χ0) is 19.5. The molecule has 6 heteroatoms. The molecule has 1 saturated heterocycles. The lowest BCUT2D eigenvalue weighted by molar-refractivity contribution is -0.125. The largest absolute Gasteiger partial charge is 0.356 e. The van der Waals surface area contributed by atoms with Crippen LogP contribution in [0.4, 0.5) is 5.82 Å². The van der Waals surface area contributed by atoms with Gasteiger partial charge in [0.25, 0.3) is 0 Å². The zero-order valence-electron chi connectivity index (χ0n) is 16.4. The van der Waals surface area contributed by atoms with Crippen LogP contribution < -0.4 is 10.2 Å². The first-order valence-electron chi connectivity index (χ1n) is 9.91. The van der Waals surface area contributed by atoms with Crippen LogP contribution in [0, 0.1) is 19.8 Å². The zero-order valence-corrected chi connectivity index (χ0v) is 17.3. The van der Waals surface area contributed by atoms with E-state index in [4.69, 9.17) is 0 Å². The lowest BCUT2D eigenvalue weighted by Gasteiger charge is -2.32. The SMILES string of the molecule is Cc1sc2ncnc(N3CCC(C(=O)NCCc4ccccc4)CC3)c2c1C. The molecule has 1 aliphatic rings. The third kappa shape index (κ3) is 3.87. The number of hydrogen-bond acceptors (Lipinski definition) is 5. The van der Waals surface area contributed by atoms with E-state index in [0.29, 0.717) is 6.54 Å². The van der Waals surface area contributed by atoms with E-state index >= 15 is 0 Å². The summed E-state index contributed by atoms with van der Waals surface area (Å²) in [6.07, 6.45) is 4.27. The van der Waals surface area contributed by atoms with Gasteiger partial charge in [-0.15, -0.1) is 11.3 Å². The Hall–Kier alpha value is -2.47. The second-order valence-electron chi connectivity index (χ2n) is 7.45. The van der Waals surface area contributed by atoms with E-state index in [1.54, 1.807) is 17.7 Å². The fourth-order valence-corrected chi connectivity index (χ4v) is 4.87. The first-order valence-corrected chi connectivity index (χ1v) is 10.7. The molecule has 1 amide bonds. The summed E-state index contributed by atoms with van der Waals surface area (Å²) in [5.41, 5.74) is 2.53. The van der Waals surface area contributed by atoms with Crippen molar-refractivity contribution in [1.82, 2.24) is 15.3 Å². The fraction of sp³-hybridized carbons (Fsp3) is 0.409. The Morgan fingerprint density at radius 3 is 2.68 bits per heavy atom. The summed E-state index contributed by atoms with van der Waals surface area (Å²) in [4.78, 5) is 26.2. The standard InChI is InChI=1S/C22H26N4OS/c1-15-16(2)28-22-19(15)20(24-14-25-22)26-12-9-18(10-13-26)21(27)23-11-8-17-6-4-3-5-7-17/h3-7,14,18H,8-13H2,1-2H3,(H,23,27). The molecule has 3 heterocycles. The van der Waals surface area contributed by atoms with E-state index < -0.39 is 0 Å². The number of carbonyl (C=O) groups excluding carboxylic acids is 1. The van der Waals surface area contributed by atoms with E-state index in [1.165, 1.54) is 21.4 Å². The number of carbonyl (C=O) groups is 1. The van der Waals surface area contributed by atoms with Crippen LogP contribution in [0.5, 0.6) is 0 Å². The van der Waals surface area contributed by atoms with Gasteiger partial charge in [-0.2, -0.15) is 0 Å². The fourth-order valence-electron chi connectivity index (χ4n) is 3.88. The minimum atomic E-state index is 0.0923. The van der Waals surface area contributed by atoms with E-state index in [-0.39, 0.29) is 11.8 Å². The van der Waals surface area contributed by atoms with Gasteiger partial charge in [-0.25, -0.2) is 9.97 Å². The molecule has 3 aromatic rings. The van der Waals surface area contributed by atoms with Crippen LogP contribution in [0.25, 0.3) is 10.2 Å². The number of benzene rings is 1. The van der Waals surface area contributed by atoms with Gasteiger partial charge in [0.2, 0.25) is 5.91 Å². The summed E-state index contributed by atoms with van der Waals surface area (Å²) in [7, 11) is 0. The van der Waals surface area contributed by atoms with Crippen molar-refractivity contribution in [3.63, 3.8) is 0 Å². The highest BCUT2D eigenvalue weighted by Gasteiger charge is 2.27. The van der Waals surface area contributed by atoms with Gasteiger partial charge >= 0.3 is 0 Å². The summed E-state index contributed by atoms with van der Waals surface area (Å²) in [5, 5.41) is 4.29. The van der Waals surface area contributed by atoms with Gasteiger partial charge in [-0.05, 0) is 44.2 Å². The van der Waals surface area contributed by atoms with Crippen molar-refractivity contribution >= 4 is 33.3 Å². The number of anilines is 1. The van der Waals surface area contributed by atoms with Gasteiger partial charge < -0.3 is 10.2 Å². The van der Waals surface area contributed by atoms with Crippen LogP contribution in [0.15, 0.2) is 36.7 Å². The van der Waals surface area contributed by atoms with E-state index in [1.807, 2.05) is 18.2 Å². The van der Waals surface area contributed by atoms with Gasteiger partial charge in [0.15, 0.2) is 0 Å². The van der Waals surface area contributed by atoms with Gasteiger partial charge in [-0.1, -0.05) is 30.3 Å². The number of hydrogen-bond donors (Lipinski definition) is 1. The van der Waals surface area contributed by atoms with Crippen molar-refractivity contribution in [3.05, 3.63) is 52.7 Å². The Morgan fingerprint density at radius 1 is 1.18 bits per heavy atom. The highest BCUT2D eigenvalue weighted by atomic mass is 32.1. The lowest BCUT2D eigenvalue weighted by atomic mass is 9.95. The van der Waals surface area contributed by atoms with Crippen molar-refractivity contribution in [2.75, 3.05) is 24.5 Å². The predicted octanol–water partition coefficient (Wildman–Crippen LogP) is 3.88. The first-order chi connectivity index (χ1) is 13.6. The van der Waals surface area contributed by atoms with Gasteiger partial charge in [0.1, 0.15) is 17.0 Å². The molecule has 1 aliphatic heterocycles. The second-order valence-corrected chi connectivity index (χ2v) is 8.65. The van der Waals surface area contributed by atoms with Crippen LogP contribution in [0.1, 0.15) is 28.8 Å². The molecular formula is C22H26N4OS. The monoisotopic (exact) mass is 394 g/mol. The molecule has 0 aliphatic carbocycles. The predicted molar refractivity (Wildman–Crippen MR) is 115 cm³/mol. The molecule has 2 aromatic heterocycles. The number of aromatic nitrogens is 2. The molecule has 0 saturated carbocycles. The molecule has 0 radical (unpaired) electrons. The Labute approximate surface area is 169 Å². The molecule has 1 N–H and O–H groups in total. The molecule has 146 valence electrons. The molecule has 4 rings (SSSR count). The average Bonchev–Trinajstić information content (AvgIpc) is 3.03. The summed E-state index contributed by atoms with van der Waals surface area (Å²) in [6, 6.07) is 10.3. The van der Waals surface area contributed by atoms with Crippen LogP contribution in [0.3, 0.4) is 0 Å². The molecule has 5 nitrogen and oxygen atoms in total. The van der Waals surface area contributed by atoms with E-state index in [0.717, 1.165) is 43.0 Å². The minimum absolute atomic E-state index is 0.0923. The molecule has 1 aromatic carbocycles. The number of nitrogens with one attached hydrogen (secondary N) is 1. The summed E-state index contributed by atoms with van der Waals surface area (Å²) in [6.45, 7) is 6.70. The molecule has 0 spiro atoms. The summed E-state index contributed by atoms with van der Waals surface area (Å²) in [5.74, 6) is 1.30. The van der Waals surface area contributed by atoms with Gasteiger partial charge in [0, 0.05) is 30.4 Å². The number of rotatable bonds is 5. The van der Waals surface area contributed by atoms with Crippen molar-refractivity contribution in [2.24, 2.45) is 5.92 Å². The quantitative estimate of drug-likeness (QED) is 0.713. The maximum Gasteiger partial charge on any atom is 0.223 e. The summed E-state index contributed by atoms with van der Waals surface area (Å²) >= 11 is 1.73. The first kappa shape index (κ1) is 18.9. The maximum absolute atomic E-state index is 12.5. The molecule has 0 atom stereocenters. The van der Waals surface area contributed by atoms with Crippen molar-refractivity contribution in [3.8, 4) is 0 Å².